The molecular formula is C18H18ClN3O3. The fourth-order valence-electron chi connectivity index (χ4n) is 2.07. The van der Waals surface area contributed by atoms with E-state index in [1.165, 1.54) is 7.11 Å². The van der Waals surface area contributed by atoms with Gasteiger partial charge >= 0.3 is 0 Å². The normalized spacial score (nSPS) is 10.9. The van der Waals surface area contributed by atoms with Crippen LogP contribution in [0.1, 0.15) is 23.7 Å². The molecule has 0 saturated carbocycles. The molecular weight excluding hydrogens is 342 g/mol. The number of rotatable bonds is 6. The molecule has 6 nitrogen and oxygen atoms in total. The van der Waals surface area contributed by atoms with Crippen LogP contribution < -0.4 is 15.5 Å². The molecule has 0 heterocycles. The number of ether oxygens (including phenoxy) is 1. The van der Waals surface area contributed by atoms with Crippen molar-refractivity contribution >= 4 is 34.8 Å². The van der Waals surface area contributed by atoms with Crippen LogP contribution in [0.3, 0.4) is 0 Å². The van der Waals surface area contributed by atoms with Crippen molar-refractivity contribution in [3.63, 3.8) is 0 Å². The van der Waals surface area contributed by atoms with Gasteiger partial charge in [-0.1, -0.05) is 35.9 Å². The first-order valence-corrected chi connectivity index (χ1v) is 7.90. The molecule has 25 heavy (non-hydrogen) atoms. The molecule has 130 valence electrons. The summed E-state index contributed by atoms with van der Waals surface area (Å²) in [5, 5.41) is 7.10. The predicted octanol–water partition coefficient (Wildman–Crippen LogP) is 3.48. The summed E-state index contributed by atoms with van der Waals surface area (Å²) in [5.41, 5.74) is 3.76. The van der Waals surface area contributed by atoms with E-state index >= 15 is 0 Å². The van der Waals surface area contributed by atoms with Crippen LogP contribution in [0.15, 0.2) is 53.6 Å². The SMILES string of the molecule is COc1ccccc1C(=O)NN=C(C)CC(=O)Nc1ccccc1Cl. The first-order chi connectivity index (χ1) is 12.0. The Morgan fingerprint density at radius 3 is 2.52 bits per heavy atom. The molecule has 0 radical (unpaired) electrons. The maximum atomic E-state index is 12.1. The third kappa shape index (κ3) is 5.32. The maximum Gasteiger partial charge on any atom is 0.275 e. The van der Waals surface area contributed by atoms with Crippen LogP contribution in [-0.4, -0.2) is 24.6 Å². The summed E-state index contributed by atoms with van der Waals surface area (Å²) in [6, 6.07) is 13.7. The fourth-order valence-corrected chi connectivity index (χ4v) is 2.25. The number of hydrogen-bond acceptors (Lipinski definition) is 4. The van der Waals surface area contributed by atoms with E-state index in [4.69, 9.17) is 16.3 Å². The highest BCUT2D eigenvalue weighted by Crippen LogP contribution is 2.20. The van der Waals surface area contributed by atoms with Gasteiger partial charge in [-0.3, -0.25) is 9.59 Å². The number of nitrogens with zero attached hydrogens (tertiary/aromatic N) is 1. The zero-order valence-electron chi connectivity index (χ0n) is 13.9. The lowest BCUT2D eigenvalue weighted by atomic mass is 10.2. The van der Waals surface area contributed by atoms with Crippen molar-refractivity contribution in [2.45, 2.75) is 13.3 Å². The van der Waals surface area contributed by atoms with Crippen LogP contribution in [0.2, 0.25) is 5.02 Å². The molecule has 7 heteroatoms. The number of amides is 2. The molecule has 0 bridgehead atoms. The Labute approximate surface area is 150 Å². The first kappa shape index (κ1) is 18.5. The number of anilines is 1. The molecule has 0 aromatic heterocycles. The standard InChI is InChI=1S/C18H18ClN3O3/c1-12(11-17(23)20-15-9-5-4-8-14(15)19)21-22-18(24)13-7-3-6-10-16(13)25-2/h3-10H,11H2,1-2H3,(H,20,23)(H,22,24). The van der Waals surface area contributed by atoms with Crippen LogP contribution in [0.4, 0.5) is 5.69 Å². The Kier molecular flexibility index (Phi) is 6.54. The zero-order valence-corrected chi connectivity index (χ0v) is 14.6. The van der Waals surface area contributed by atoms with Crippen molar-refractivity contribution in [1.29, 1.82) is 0 Å². The van der Waals surface area contributed by atoms with E-state index in [1.54, 1.807) is 55.5 Å². The van der Waals surface area contributed by atoms with Crippen molar-refractivity contribution in [3.8, 4) is 5.75 Å². The molecule has 0 fully saturated rings. The molecule has 0 atom stereocenters. The summed E-state index contributed by atoms with van der Waals surface area (Å²) in [4.78, 5) is 24.1. The van der Waals surface area contributed by atoms with E-state index in [0.29, 0.717) is 27.7 Å². The van der Waals surface area contributed by atoms with Gasteiger partial charge in [0, 0.05) is 5.71 Å². The summed E-state index contributed by atoms with van der Waals surface area (Å²) in [7, 11) is 1.49. The van der Waals surface area contributed by atoms with Crippen LogP contribution in [0, 0.1) is 0 Å². The molecule has 0 unspecified atom stereocenters. The summed E-state index contributed by atoms with van der Waals surface area (Å²) < 4.78 is 5.13. The Bertz CT molecular complexity index is 806. The Morgan fingerprint density at radius 2 is 1.80 bits per heavy atom. The second-order valence-electron chi connectivity index (χ2n) is 5.19. The molecule has 2 aromatic rings. The Hall–Kier alpha value is -2.86. The quantitative estimate of drug-likeness (QED) is 0.612. The third-order valence-corrected chi connectivity index (χ3v) is 3.59. The van der Waals surface area contributed by atoms with Gasteiger partial charge in [0.25, 0.3) is 5.91 Å². The zero-order chi connectivity index (χ0) is 18.2. The number of methoxy groups -OCH3 is 1. The van der Waals surface area contributed by atoms with Crippen molar-refractivity contribution in [3.05, 3.63) is 59.1 Å². The first-order valence-electron chi connectivity index (χ1n) is 7.52. The van der Waals surface area contributed by atoms with Crippen LogP contribution in [-0.2, 0) is 4.79 Å². The number of carbonyl (C=O) groups is 2. The largest absolute Gasteiger partial charge is 0.496 e. The van der Waals surface area contributed by atoms with Gasteiger partial charge in [0.2, 0.25) is 5.91 Å². The number of nitrogens with one attached hydrogen (secondary N) is 2. The van der Waals surface area contributed by atoms with Gasteiger partial charge in [-0.25, -0.2) is 5.43 Å². The molecule has 2 N–H and O–H groups in total. The molecule has 0 spiro atoms. The average molecular weight is 360 g/mol. The maximum absolute atomic E-state index is 12.1. The van der Waals surface area contributed by atoms with Gasteiger partial charge in [-0.05, 0) is 31.2 Å². The van der Waals surface area contributed by atoms with Crippen molar-refractivity contribution in [1.82, 2.24) is 5.43 Å². The summed E-state index contributed by atoms with van der Waals surface area (Å²) in [6.45, 7) is 1.65. The number of para-hydroxylation sites is 2. The van der Waals surface area contributed by atoms with Crippen LogP contribution >= 0.6 is 11.6 Å². The summed E-state index contributed by atoms with van der Waals surface area (Å²) in [6.07, 6.45) is 0.0252. The van der Waals surface area contributed by atoms with E-state index < -0.39 is 5.91 Å². The highest BCUT2D eigenvalue weighted by atomic mass is 35.5. The lowest BCUT2D eigenvalue weighted by molar-refractivity contribution is -0.115. The number of hydrogen-bond donors (Lipinski definition) is 2. The van der Waals surface area contributed by atoms with E-state index in [2.05, 4.69) is 15.8 Å². The molecule has 2 rings (SSSR count). The Morgan fingerprint density at radius 1 is 1.12 bits per heavy atom. The van der Waals surface area contributed by atoms with Crippen molar-refractivity contribution in [2.75, 3.05) is 12.4 Å². The number of halogens is 1. The lowest BCUT2D eigenvalue weighted by Crippen LogP contribution is -2.22. The summed E-state index contributed by atoms with van der Waals surface area (Å²) >= 11 is 5.99. The summed E-state index contributed by atoms with van der Waals surface area (Å²) in [5.74, 6) is -0.242. The number of hydrazone groups is 1. The third-order valence-electron chi connectivity index (χ3n) is 3.26. The Balaban J connectivity index is 1.94. The number of carbonyl (C=O) groups excluding carboxylic acids is 2. The average Bonchev–Trinajstić information content (AvgIpc) is 2.61. The number of benzene rings is 2. The van der Waals surface area contributed by atoms with Gasteiger partial charge < -0.3 is 10.1 Å². The predicted molar refractivity (Wildman–Crippen MR) is 98.3 cm³/mol. The van der Waals surface area contributed by atoms with Crippen molar-refractivity contribution in [2.24, 2.45) is 5.10 Å². The van der Waals surface area contributed by atoms with Gasteiger partial charge in [-0.2, -0.15) is 5.10 Å². The topological polar surface area (TPSA) is 79.8 Å². The van der Waals surface area contributed by atoms with E-state index in [0.717, 1.165) is 0 Å². The molecule has 0 aliphatic rings. The molecule has 0 aliphatic carbocycles. The van der Waals surface area contributed by atoms with Crippen molar-refractivity contribution < 1.29 is 14.3 Å². The monoisotopic (exact) mass is 359 g/mol. The fraction of sp³-hybridized carbons (Fsp3) is 0.167. The second-order valence-corrected chi connectivity index (χ2v) is 5.60. The second kappa shape index (κ2) is 8.84. The minimum absolute atomic E-state index is 0.0252. The molecule has 0 saturated heterocycles. The van der Waals surface area contributed by atoms with E-state index in [-0.39, 0.29) is 12.3 Å². The van der Waals surface area contributed by atoms with E-state index in [9.17, 15) is 9.59 Å². The molecule has 0 aliphatic heterocycles. The highest BCUT2D eigenvalue weighted by molar-refractivity contribution is 6.33. The van der Waals surface area contributed by atoms with Gasteiger partial charge in [0.15, 0.2) is 0 Å². The van der Waals surface area contributed by atoms with Crippen LogP contribution in [0.5, 0.6) is 5.75 Å². The van der Waals surface area contributed by atoms with Gasteiger partial charge in [0.1, 0.15) is 5.75 Å². The minimum Gasteiger partial charge on any atom is -0.496 e. The highest BCUT2D eigenvalue weighted by Gasteiger charge is 2.11. The van der Waals surface area contributed by atoms with Gasteiger partial charge in [-0.15, -0.1) is 0 Å². The molecule has 2 aromatic carbocycles. The van der Waals surface area contributed by atoms with Crippen LogP contribution in [0.25, 0.3) is 0 Å². The smallest absolute Gasteiger partial charge is 0.275 e. The van der Waals surface area contributed by atoms with E-state index in [1.807, 2.05) is 0 Å². The van der Waals surface area contributed by atoms with Gasteiger partial charge in [0.05, 0.1) is 29.8 Å². The molecule has 2 amide bonds. The lowest BCUT2D eigenvalue weighted by Gasteiger charge is -2.08. The minimum atomic E-state index is -0.414.